The van der Waals surface area contributed by atoms with Crippen LogP contribution in [0, 0.1) is 12.3 Å². The van der Waals surface area contributed by atoms with Crippen molar-refractivity contribution >= 4 is 23.4 Å². The summed E-state index contributed by atoms with van der Waals surface area (Å²) in [4.78, 5) is 40.6. The zero-order valence-electron chi connectivity index (χ0n) is 22.3. The number of anilines is 1. The quantitative estimate of drug-likeness (QED) is 0.460. The van der Waals surface area contributed by atoms with Gasteiger partial charge in [0.05, 0.1) is 12.3 Å². The number of aliphatic hydroxyl groups is 1. The fourth-order valence-electron chi connectivity index (χ4n) is 4.79. The number of likely N-dealkylation sites (tertiary alicyclic amines) is 1. The van der Waals surface area contributed by atoms with Crippen LogP contribution in [0.15, 0.2) is 54.7 Å². The number of carbonyl (C=O) groups excluding carboxylic acids is 3. The number of aromatic nitrogens is 3. The topological polar surface area (TPSA) is 129 Å². The molecule has 0 bridgehead atoms. The maximum absolute atomic E-state index is 13.8. The summed E-state index contributed by atoms with van der Waals surface area (Å²) in [6.45, 7) is 7.67. The van der Waals surface area contributed by atoms with Crippen LogP contribution in [0.25, 0.3) is 11.3 Å². The number of benzene rings is 2. The number of aryl methyl sites for hydroxylation is 1. The molecule has 1 fully saturated rings. The lowest BCUT2D eigenvalue weighted by molar-refractivity contribution is -0.144. The van der Waals surface area contributed by atoms with Gasteiger partial charge in [-0.1, -0.05) is 56.3 Å². The minimum atomic E-state index is -0.777. The third-order valence-corrected chi connectivity index (χ3v) is 6.75. The number of hydrogen-bond donors (Lipinski definition) is 3. The van der Waals surface area contributed by atoms with E-state index in [0.717, 1.165) is 5.56 Å². The molecule has 2 aromatic carbocycles. The first-order valence-electron chi connectivity index (χ1n) is 12.6. The Hall–Kier alpha value is -4.05. The van der Waals surface area contributed by atoms with E-state index < -0.39 is 23.6 Å². The average molecular weight is 519 g/mol. The zero-order valence-corrected chi connectivity index (χ0v) is 22.3. The van der Waals surface area contributed by atoms with Gasteiger partial charge >= 0.3 is 0 Å². The van der Waals surface area contributed by atoms with Crippen molar-refractivity contribution in [2.24, 2.45) is 5.41 Å². The summed E-state index contributed by atoms with van der Waals surface area (Å²) in [6, 6.07) is 13.2. The minimum Gasteiger partial charge on any atom is -0.391 e. The first-order valence-corrected chi connectivity index (χ1v) is 12.6. The van der Waals surface area contributed by atoms with Crippen LogP contribution >= 0.6 is 0 Å². The maximum atomic E-state index is 13.8. The number of β-amino-alcohol motifs (C(OH)–C–C–N with tert-alkyl or cyclic N) is 1. The van der Waals surface area contributed by atoms with E-state index >= 15 is 0 Å². The predicted molar refractivity (Wildman–Crippen MR) is 143 cm³/mol. The normalized spacial score (nSPS) is 18.2. The predicted octanol–water partition coefficient (Wildman–Crippen LogP) is 2.80. The summed E-state index contributed by atoms with van der Waals surface area (Å²) in [5.74, 6) is -0.868. The summed E-state index contributed by atoms with van der Waals surface area (Å²) in [7, 11) is 1.51. The van der Waals surface area contributed by atoms with Crippen LogP contribution in [0.2, 0.25) is 0 Å². The van der Waals surface area contributed by atoms with Crippen molar-refractivity contribution in [3.8, 4) is 11.3 Å². The molecule has 0 radical (unpaired) electrons. The van der Waals surface area contributed by atoms with Crippen molar-refractivity contribution in [2.45, 2.75) is 52.3 Å². The maximum Gasteiger partial charge on any atom is 0.255 e. The molecule has 4 rings (SSSR count). The minimum absolute atomic E-state index is 0.0723. The SMILES string of the molecule is CNC(=O)[C@H]1CC(O)CN1C(=O)C(n1cc(-c2ccc(C)c(C(=O)Nc3ccccc3)c2)nn1)C(C)(C)C. The third kappa shape index (κ3) is 5.60. The van der Waals surface area contributed by atoms with E-state index in [0.29, 0.717) is 22.5 Å². The Morgan fingerprint density at radius 2 is 1.82 bits per heavy atom. The summed E-state index contributed by atoms with van der Waals surface area (Å²) in [5, 5.41) is 24.3. The van der Waals surface area contributed by atoms with Gasteiger partial charge in [-0.25, -0.2) is 4.68 Å². The second-order valence-corrected chi connectivity index (χ2v) is 10.7. The van der Waals surface area contributed by atoms with E-state index in [1.165, 1.54) is 16.6 Å². The number of para-hydroxylation sites is 1. The number of nitrogens with zero attached hydrogens (tertiary/aromatic N) is 4. The van der Waals surface area contributed by atoms with Gasteiger partial charge in [0.25, 0.3) is 5.91 Å². The number of carbonyl (C=O) groups is 3. The van der Waals surface area contributed by atoms with Crippen molar-refractivity contribution < 1.29 is 19.5 Å². The number of amides is 3. The van der Waals surface area contributed by atoms with Crippen LogP contribution in [-0.4, -0.2) is 68.5 Å². The van der Waals surface area contributed by atoms with Crippen molar-refractivity contribution in [3.63, 3.8) is 0 Å². The van der Waals surface area contributed by atoms with Gasteiger partial charge in [0.15, 0.2) is 0 Å². The van der Waals surface area contributed by atoms with Crippen LogP contribution in [-0.2, 0) is 9.59 Å². The molecular formula is C28H34N6O4. The lowest BCUT2D eigenvalue weighted by atomic mass is 9.85. The molecule has 2 unspecified atom stereocenters. The van der Waals surface area contributed by atoms with Gasteiger partial charge in [-0.2, -0.15) is 0 Å². The Balaban J connectivity index is 1.63. The van der Waals surface area contributed by atoms with Gasteiger partial charge in [-0.05, 0) is 36.1 Å². The molecule has 10 nitrogen and oxygen atoms in total. The van der Waals surface area contributed by atoms with Crippen molar-refractivity contribution in [2.75, 3.05) is 18.9 Å². The molecule has 200 valence electrons. The highest BCUT2D eigenvalue weighted by atomic mass is 16.3. The Labute approximate surface area is 222 Å². The smallest absolute Gasteiger partial charge is 0.255 e. The number of rotatable bonds is 6. The van der Waals surface area contributed by atoms with Crippen molar-refractivity contribution in [1.29, 1.82) is 0 Å². The fraction of sp³-hybridized carbons (Fsp3) is 0.393. The highest BCUT2D eigenvalue weighted by Gasteiger charge is 2.45. The molecular weight excluding hydrogens is 484 g/mol. The Kier molecular flexibility index (Phi) is 7.63. The van der Waals surface area contributed by atoms with Gasteiger partial charge < -0.3 is 20.6 Å². The molecule has 3 aromatic rings. The molecule has 3 atom stereocenters. The molecule has 1 aromatic heterocycles. The fourth-order valence-corrected chi connectivity index (χ4v) is 4.79. The molecule has 10 heteroatoms. The van der Waals surface area contributed by atoms with Crippen molar-refractivity contribution in [1.82, 2.24) is 25.2 Å². The van der Waals surface area contributed by atoms with E-state index in [4.69, 9.17) is 0 Å². The number of nitrogens with one attached hydrogen (secondary N) is 2. The molecule has 2 heterocycles. The molecule has 3 amide bonds. The number of aliphatic hydroxyl groups excluding tert-OH is 1. The van der Waals surface area contributed by atoms with Gasteiger partial charge in [-0.3, -0.25) is 14.4 Å². The Bertz CT molecular complexity index is 1330. The Morgan fingerprint density at radius 1 is 1.11 bits per heavy atom. The summed E-state index contributed by atoms with van der Waals surface area (Å²) >= 11 is 0. The lowest BCUT2D eigenvalue weighted by Crippen LogP contribution is -2.49. The molecule has 1 aliphatic heterocycles. The van der Waals surface area contributed by atoms with E-state index in [1.54, 1.807) is 12.3 Å². The van der Waals surface area contributed by atoms with E-state index in [-0.39, 0.29) is 30.7 Å². The van der Waals surface area contributed by atoms with Crippen LogP contribution < -0.4 is 10.6 Å². The van der Waals surface area contributed by atoms with Crippen LogP contribution in [0.3, 0.4) is 0 Å². The van der Waals surface area contributed by atoms with Gasteiger partial charge in [0.2, 0.25) is 11.8 Å². The molecule has 1 saturated heterocycles. The zero-order chi connectivity index (χ0) is 27.6. The van der Waals surface area contributed by atoms with Crippen molar-refractivity contribution in [3.05, 3.63) is 65.9 Å². The number of hydrogen-bond acceptors (Lipinski definition) is 6. The van der Waals surface area contributed by atoms with Crippen LogP contribution in [0.4, 0.5) is 5.69 Å². The average Bonchev–Trinajstić information content (AvgIpc) is 3.50. The molecule has 1 aliphatic rings. The second-order valence-electron chi connectivity index (χ2n) is 10.7. The first-order chi connectivity index (χ1) is 18.0. The highest BCUT2D eigenvalue weighted by Crippen LogP contribution is 2.35. The van der Waals surface area contributed by atoms with Crippen LogP contribution in [0.1, 0.15) is 49.2 Å². The standard InChI is InChI=1S/C28H34N6O4/c1-17-11-12-18(13-21(17)25(36)30-19-9-7-6-8-10-19)22-16-34(32-31-22)24(28(2,3)4)27(38)33-15-20(35)14-23(33)26(37)29-5/h6-13,16,20,23-24,35H,14-15H2,1-5H3,(H,29,37)(H,30,36)/t20?,23-,24?/m1/s1. The summed E-state index contributed by atoms with van der Waals surface area (Å²) < 4.78 is 1.51. The molecule has 0 saturated carbocycles. The first kappa shape index (κ1) is 27.0. The molecule has 0 spiro atoms. The molecule has 38 heavy (non-hydrogen) atoms. The number of likely N-dealkylation sites (N-methyl/N-ethyl adjacent to an activating group) is 1. The van der Waals surface area contributed by atoms with E-state index in [1.807, 2.05) is 70.2 Å². The largest absolute Gasteiger partial charge is 0.391 e. The van der Waals surface area contributed by atoms with E-state index in [2.05, 4.69) is 20.9 Å². The molecule has 3 N–H and O–H groups in total. The lowest BCUT2D eigenvalue weighted by Gasteiger charge is -2.34. The summed E-state index contributed by atoms with van der Waals surface area (Å²) in [6.07, 6.45) is 1.09. The second kappa shape index (κ2) is 10.7. The highest BCUT2D eigenvalue weighted by molar-refractivity contribution is 6.06. The third-order valence-electron chi connectivity index (χ3n) is 6.75. The Morgan fingerprint density at radius 3 is 2.47 bits per heavy atom. The van der Waals surface area contributed by atoms with Gasteiger partial charge in [0.1, 0.15) is 17.8 Å². The van der Waals surface area contributed by atoms with E-state index in [9.17, 15) is 19.5 Å². The summed E-state index contributed by atoms with van der Waals surface area (Å²) in [5.41, 5.74) is 2.62. The van der Waals surface area contributed by atoms with Crippen LogP contribution in [0.5, 0.6) is 0 Å². The molecule has 0 aliphatic carbocycles. The monoisotopic (exact) mass is 518 g/mol. The van der Waals surface area contributed by atoms with Gasteiger partial charge in [0, 0.05) is 36.8 Å². The van der Waals surface area contributed by atoms with Gasteiger partial charge in [-0.15, -0.1) is 5.10 Å².